The fourth-order valence-corrected chi connectivity index (χ4v) is 3.17. The second-order valence-electron chi connectivity index (χ2n) is 5.25. The van der Waals surface area contributed by atoms with E-state index in [-0.39, 0.29) is 11.0 Å². The maximum absolute atomic E-state index is 12.3. The van der Waals surface area contributed by atoms with E-state index in [1.165, 1.54) is 0 Å². The van der Waals surface area contributed by atoms with Crippen molar-refractivity contribution in [2.24, 2.45) is 4.99 Å². The van der Waals surface area contributed by atoms with E-state index in [1.807, 2.05) is 36.4 Å². The molecule has 2 aromatic carbocycles. The van der Waals surface area contributed by atoms with Gasteiger partial charge in [0.2, 0.25) is 0 Å². The molecule has 128 valence electrons. The van der Waals surface area contributed by atoms with E-state index in [0.717, 1.165) is 23.0 Å². The number of ether oxygens (including phenoxy) is 1. The minimum absolute atomic E-state index is 0.244. The van der Waals surface area contributed by atoms with Crippen molar-refractivity contribution in [3.63, 3.8) is 0 Å². The van der Waals surface area contributed by atoms with Gasteiger partial charge < -0.3 is 10.1 Å². The molecule has 0 saturated carbocycles. The summed E-state index contributed by atoms with van der Waals surface area (Å²) in [6, 6.07) is 16.9. The molecular weight excluding hydrogens is 354 g/mol. The number of rotatable bonds is 4. The maximum atomic E-state index is 12.3. The summed E-state index contributed by atoms with van der Waals surface area (Å²) < 4.78 is 5.74. The molecule has 0 atom stereocenters. The van der Waals surface area contributed by atoms with E-state index in [4.69, 9.17) is 17.0 Å². The van der Waals surface area contributed by atoms with Gasteiger partial charge >= 0.3 is 0 Å². The smallest absolute Gasteiger partial charge is 0.257 e. The minimum Gasteiger partial charge on any atom is -0.489 e. The highest BCUT2D eigenvalue weighted by molar-refractivity contribution is 8.14. The standard InChI is InChI=1S/C18H17N3O2S2/c22-16(20-17(24)21-18-19-9-10-25-18)14-7-4-8-15(11-14)23-12-13-5-2-1-3-6-13/h1-8,11H,9-10,12H2,(H2,19,20,21,22,24). The molecule has 0 aliphatic carbocycles. The predicted molar refractivity (Wildman–Crippen MR) is 105 cm³/mol. The van der Waals surface area contributed by atoms with Gasteiger partial charge in [-0.15, -0.1) is 0 Å². The van der Waals surface area contributed by atoms with Crippen LogP contribution in [-0.2, 0) is 6.61 Å². The Balaban J connectivity index is 1.56. The highest BCUT2D eigenvalue weighted by Crippen LogP contribution is 2.15. The summed E-state index contributed by atoms with van der Waals surface area (Å²) in [4.78, 5) is 16.5. The Morgan fingerprint density at radius 3 is 2.80 bits per heavy atom. The van der Waals surface area contributed by atoms with E-state index in [1.54, 1.807) is 30.0 Å². The van der Waals surface area contributed by atoms with E-state index >= 15 is 0 Å². The fraction of sp³-hybridized carbons (Fsp3) is 0.167. The quantitative estimate of drug-likeness (QED) is 0.809. The molecule has 1 amide bonds. The van der Waals surface area contributed by atoms with Gasteiger partial charge in [-0.1, -0.05) is 48.2 Å². The Morgan fingerprint density at radius 1 is 1.20 bits per heavy atom. The van der Waals surface area contributed by atoms with Crippen molar-refractivity contribution in [3.8, 4) is 5.75 Å². The Hall–Kier alpha value is -2.38. The number of nitrogens with one attached hydrogen (secondary N) is 2. The number of hydrogen-bond acceptors (Lipinski definition) is 5. The van der Waals surface area contributed by atoms with Gasteiger partial charge in [0.15, 0.2) is 10.3 Å². The average Bonchev–Trinajstić information content (AvgIpc) is 3.14. The van der Waals surface area contributed by atoms with Crippen LogP contribution in [0.2, 0.25) is 0 Å². The SMILES string of the molecule is O=C(NC(=S)NC1=NCCS1)c1cccc(OCc2ccccc2)c1. The zero-order valence-electron chi connectivity index (χ0n) is 13.4. The summed E-state index contributed by atoms with van der Waals surface area (Å²) in [5.41, 5.74) is 1.55. The van der Waals surface area contributed by atoms with Crippen molar-refractivity contribution in [3.05, 3.63) is 65.7 Å². The van der Waals surface area contributed by atoms with Crippen LogP contribution >= 0.6 is 24.0 Å². The van der Waals surface area contributed by atoms with Gasteiger partial charge in [0.05, 0.1) is 6.54 Å². The van der Waals surface area contributed by atoms with E-state index in [2.05, 4.69) is 15.6 Å². The zero-order valence-corrected chi connectivity index (χ0v) is 15.0. The number of thioether (sulfide) groups is 1. The summed E-state index contributed by atoms with van der Waals surface area (Å²) >= 11 is 6.73. The first-order valence-electron chi connectivity index (χ1n) is 7.77. The molecule has 1 aliphatic rings. The van der Waals surface area contributed by atoms with Gasteiger partial charge in [-0.25, -0.2) is 0 Å². The minimum atomic E-state index is -0.286. The number of aliphatic imine (C=N–C) groups is 1. The molecule has 5 nitrogen and oxygen atoms in total. The lowest BCUT2D eigenvalue weighted by atomic mass is 10.2. The molecule has 1 heterocycles. The van der Waals surface area contributed by atoms with Crippen molar-refractivity contribution in [2.75, 3.05) is 12.3 Å². The second kappa shape index (κ2) is 8.64. The molecule has 0 saturated heterocycles. The molecule has 7 heteroatoms. The lowest BCUT2D eigenvalue weighted by Gasteiger charge is -2.10. The predicted octanol–water partition coefficient (Wildman–Crippen LogP) is 2.97. The van der Waals surface area contributed by atoms with Gasteiger partial charge in [0, 0.05) is 11.3 Å². The monoisotopic (exact) mass is 371 g/mol. The van der Waals surface area contributed by atoms with Crippen molar-refractivity contribution in [1.82, 2.24) is 10.6 Å². The molecule has 25 heavy (non-hydrogen) atoms. The molecule has 2 aromatic rings. The highest BCUT2D eigenvalue weighted by Gasteiger charge is 2.12. The first-order valence-corrected chi connectivity index (χ1v) is 9.16. The van der Waals surface area contributed by atoms with Crippen LogP contribution in [0.15, 0.2) is 59.6 Å². The zero-order chi connectivity index (χ0) is 17.5. The first-order chi connectivity index (χ1) is 12.2. The molecule has 0 bridgehead atoms. The van der Waals surface area contributed by atoms with Gasteiger partial charge in [0.25, 0.3) is 5.91 Å². The molecule has 0 fully saturated rings. The number of carbonyl (C=O) groups is 1. The normalized spacial score (nSPS) is 13.0. The molecule has 1 aliphatic heterocycles. The molecule has 0 aromatic heterocycles. The van der Waals surface area contributed by atoms with Gasteiger partial charge in [-0.2, -0.15) is 0 Å². The Labute approximate surface area is 155 Å². The molecule has 0 spiro atoms. The largest absolute Gasteiger partial charge is 0.489 e. The third kappa shape index (κ3) is 5.30. The Kier molecular flexibility index (Phi) is 6.03. The number of amides is 1. The fourth-order valence-electron chi connectivity index (χ4n) is 2.18. The van der Waals surface area contributed by atoms with Gasteiger partial charge in [0.1, 0.15) is 12.4 Å². The molecule has 2 N–H and O–H groups in total. The van der Waals surface area contributed by atoms with Gasteiger partial charge in [-0.3, -0.25) is 15.1 Å². The number of benzene rings is 2. The molecular formula is C18H17N3O2S2. The summed E-state index contributed by atoms with van der Waals surface area (Å²) in [5, 5.41) is 6.56. The summed E-state index contributed by atoms with van der Waals surface area (Å²) in [6.45, 7) is 1.22. The number of amidine groups is 1. The van der Waals surface area contributed by atoms with E-state index in [0.29, 0.717) is 17.9 Å². The van der Waals surface area contributed by atoms with Crippen LogP contribution in [0.4, 0.5) is 0 Å². The Morgan fingerprint density at radius 2 is 2.04 bits per heavy atom. The number of nitrogens with zero attached hydrogens (tertiary/aromatic N) is 1. The Bertz CT molecular complexity index is 794. The van der Waals surface area contributed by atoms with Crippen LogP contribution in [0, 0.1) is 0 Å². The lowest BCUT2D eigenvalue weighted by molar-refractivity contribution is 0.0976. The van der Waals surface area contributed by atoms with Gasteiger partial charge in [-0.05, 0) is 36.0 Å². The lowest BCUT2D eigenvalue weighted by Crippen LogP contribution is -2.41. The summed E-state index contributed by atoms with van der Waals surface area (Å²) in [7, 11) is 0. The maximum Gasteiger partial charge on any atom is 0.257 e. The van der Waals surface area contributed by atoms with E-state index in [9.17, 15) is 4.79 Å². The molecule has 3 rings (SSSR count). The summed E-state index contributed by atoms with van der Waals surface area (Å²) in [5.74, 6) is 1.28. The highest BCUT2D eigenvalue weighted by atomic mass is 32.2. The average molecular weight is 371 g/mol. The number of carbonyl (C=O) groups excluding carboxylic acids is 1. The van der Waals surface area contributed by atoms with Crippen LogP contribution in [0.3, 0.4) is 0 Å². The number of thiocarbonyl (C=S) groups is 1. The first kappa shape index (κ1) is 17.4. The number of hydrogen-bond donors (Lipinski definition) is 2. The third-order valence-corrected chi connectivity index (χ3v) is 4.47. The van der Waals surface area contributed by atoms with Crippen LogP contribution in [-0.4, -0.2) is 28.5 Å². The second-order valence-corrected chi connectivity index (χ2v) is 6.74. The van der Waals surface area contributed by atoms with Crippen LogP contribution in [0.25, 0.3) is 0 Å². The van der Waals surface area contributed by atoms with Crippen molar-refractivity contribution in [1.29, 1.82) is 0 Å². The van der Waals surface area contributed by atoms with Crippen molar-refractivity contribution >= 4 is 40.2 Å². The van der Waals surface area contributed by atoms with Crippen LogP contribution in [0.5, 0.6) is 5.75 Å². The van der Waals surface area contributed by atoms with Crippen LogP contribution in [0.1, 0.15) is 15.9 Å². The third-order valence-electron chi connectivity index (χ3n) is 3.38. The molecule has 0 radical (unpaired) electrons. The summed E-state index contributed by atoms with van der Waals surface area (Å²) in [6.07, 6.45) is 0. The topological polar surface area (TPSA) is 62.7 Å². The molecule has 0 unspecified atom stereocenters. The van der Waals surface area contributed by atoms with Crippen molar-refractivity contribution < 1.29 is 9.53 Å². The van der Waals surface area contributed by atoms with Crippen molar-refractivity contribution in [2.45, 2.75) is 6.61 Å². The van der Waals surface area contributed by atoms with E-state index < -0.39 is 0 Å². The van der Waals surface area contributed by atoms with Crippen LogP contribution < -0.4 is 15.4 Å².